The molecule has 5 rings (SSSR count). The van der Waals surface area contributed by atoms with Crippen LogP contribution < -0.4 is 5.46 Å². The lowest BCUT2D eigenvalue weighted by atomic mass is 9.78. The number of benzene rings is 4. The lowest BCUT2D eigenvalue weighted by Gasteiger charge is -2.12. The Morgan fingerprint density at radius 2 is 1.45 bits per heavy atom. The van der Waals surface area contributed by atoms with Crippen LogP contribution in [0.1, 0.15) is 16.7 Å². The Bertz CT molecular complexity index is 1390. The predicted octanol–water partition coefficient (Wildman–Crippen LogP) is 5.48. The highest BCUT2D eigenvalue weighted by atomic mass is 32.1. The maximum Gasteiger partial charge on any atom is 0.489 e. The summed E-state index contributed by atoms with van der Waals surface area (Å²) in [4.78, 5) is 0. The molecule has 0 aliphatic heterocycles. The molecule has 0 saturated carbocycles. The average Bonchev–Trinajstić information content (AvgIpc) is 3.07. The third-order valence-electron chi connectivity index (χ3n) is 5.74. The molecule has 29 heavy (non-hydrogen) atoms. The van der Waals surface area contributed by atoms with Gasteiger partial charge in [-0.1, -0.05) is 66.2 Å². The normalized spacial score (nSPS) is 11.6. The quantitative estimate of drug-likeness (QED) is 0.388. The maximum absolute atomic E-state index is 10.1. The molecule has 0 fully saturated rings. The van der Waals surface area contributed by atoms with Crippen LogP contribution in [0.5, 0.6) is 0 Å². The molecule has 0 unspecified atom stereocenters. The minimum atomic E-state index is -1.50. The van der Waals surface area contributed by atoms with Gasteiger partial charge in [0.1, 0.15) is 0 Å². The van der Waals surface area contributed by atoms with Gasteiger partial charge in [0.15, 0.2) is 0 Å². The van der Waals surface area contributed by atoms with E-state index in [1.54, 1.807) is 11.3 Å². The summed E-state index contributed by atoms with van der Waals surface area (Å²) >= 11 is 1.65. The van der Waals surface area contributed by atoms with Crippen molar-refractivity contribution in [2.75, 3.05) is 0 Å². The average molecular weight is 396 g/mol. The SMILES string of the molecule is Cc1cc(C)c(-c2cccc3c2sc2c(B(O)O)cc4ccccc4c23)c(C)c1. The van der Waals surface area contributed by atoms with Crippen molar-refractivity contribution in [3.05, 3.63) is 77.4 Å². The second-order valence-electron chi connectivity index (χ2n) is 7.82. The van der Waals surface area contributed by atoms with Crippen LogP contribution in [0.25, 0.3) is 42.1 Å². The molecule has 1 heterocycles. The highest BCUT2D eigenvalue weighted by Gasteiger charge is 2.22. The Hall–Kier alpha value is -2.66. The van der Waals surface area contributed by atoms with Gasteiger partial charge in [0.25, 0.3) is 0 Å². The van der Waals surface area contributed by atoms with Crippen molar-refractivity contribution in [1.82, 2.24) is 0 Å². The van der Waals surface area contributed by atoms with Crippen LogP contribution in [-0.4, -0.2) is 17.2 Å². The first kappa shape index (κ1) is 18.4. The van der Waals surface area contributed by atoms with Crippen LogP contribution in [0.3, 0.4) is 0 Å². The molecule has 0 atom stereocenters. The van der Waals surface area contributed by atoms with Crippen molar-refractivity contribution in [2.24, 2.45) is 0 Å². The second-order valence-corrected chi connectivity index (χ2v) is 8.84. The van der Waals surface area contributed by atoms with E-state index in [1.165, 1.54) is 37.9 Å². The van der Waals surface area contributed by atoms with Gasteiger partial charge < -0.3 is 10.0 Å². The molecule has 2 N–H and O–H groups in total. The summed E-state index contributed by atoms with van der Waals surface area (Å²) in [5.41, 5.74) is 6.84. The van der Waals surface area contributed by atoms with E-state index >= 15 is 0 Å². The summed E-state index contributed by atoms with van der Waals surface area (Å²) in [6.07, 6.45) is 0. The first-order chi connectivity index (χ1) is 14.0. The van der Waals surface area contributed by atoms with Crippen molar-refractivity contribution in [3.63, 3.8) is 0 Å². The van der Waals surface area contributed by atoms with Gasteiger partial charge in [-0.05, 0) is 48.2 Å². The predicted molar refractivity (Wildman–Crippen MR) is 126 cm³/mol. The smallest absolute Gasteiger partial charge is 0.423 e. The van der Waals surface area contributed by atoms with Crippen molar-refractivity contribution in [2.45, 2.75) is 20.8 Å². The number of fused-ring (bicyclic) bond motifs is 5. The number of aryl methyl sites for hydroxylation is 3. The number of rotatable bonds is 2. The Labute approximate surface area is 174 Å². The fourth-order valence-electron chi connectivity index (χ4n) is 4.67. The maximum atomic E-state index is 10.1. The van der Waals surface area contributed by atoms with Gasteiger partial charge in [0.2, 0.25) is 0 Å². The zero-order chi connectivity index (χ0) is 20.3. The molecule has 0 spiro atoms. The number of hydrogen-bond acceptors (Lipinski definition) is 3. The monoisotopic (exact) mass is 396 g/mol. The standard InChI is InChI=1S/C25H21BO2S/c1-14-11-15(2)22(16(3)12-14)19-9-6-10-20-23-18-8-5-4-7-17(18)13-21(26(27)28)25(23)29-24(19)20/h4-13,27-28H,1-3H3. The van der Waals surface area contributed by atoms with Crippen molar-refractivity contribution < 1.29 is 10.0 Å². The molecule has 0 radical (unpaired) electrons. The first-order valence-electron chi connectivity index (χ1n) is 9.77. The number of thiophene rings is 1. The molecule has 4 heteroatoms. The van der Waals surface area contributed by atoms with Gasteiger partial charge in [0, 0.05) is 31.2 Å². The van der Waals surface area contributed by atoms with Crippen molar-refractivity contribution in [1.29, 1.82) is 0 Å². The van der Waals surface area contributed by atoms with Crippen molar-refractivity contribution >= 4 is 54.9 Å². The molecule has 0 saturated heterocycles. The molecular formula is C25H21BO2S. The Morgan fingerprint density at radius 3 is 2.17 bits per heavy atom. The third-order valence-corrected chi connectivity index (χ3v) is 7.03. The van der Waals surface area contributed by atoms with Gasteiger partial charge in [-0.3, -0.25) is 0 Å². The van der Waals surface area contributed by atoms with E-state index in [2.05, 4.69) is 57.2 Å². The van der Waals surface area contributed by atoms with E-state index < -0.39 is 7.12 Å². The summed E-state index contributed by atoms with van der Waals surface area (Å²) in [6, 6.07) is 21.0. The second kappa shape index (κ2) is 6.70. The molecule has 0 bridgehead atoms. The molecule has 0 amide bonds. The fraction of sp³-hybridized carbons (Fsp3) is 0.120. The molecule has 142 valence electrons. The molecule has 5 aromatic rings. The van der Waals surface area contributed by atoms with Gasteiger partial charge in [-0.25, -0.2) is 0 Å². The lowest BCUT2D eigenvalue weighted by molar-refractivity contribution is 0.426. The van der Waals surface area contributed by atoms with E-state index in [9.17, 15) is 10.0 Å². The summed E-state index contributed by atoms with van der Waals surface area (Å²) in [5, 5.41) is 24.6. The first-order valence-corrected chi connectivity index (χ1v) is 10.6. The van der Waals surface area contributed by atoms with Gasteiger partial charge >= 0.3 is 7.12 Å². The van der Waals surface area contributed by atoms with Crippen LogP contribution in [-0.2, 0) is 0 Å². The van der Waals surface area contributed by atoms with Crippen LogP contribution >= 0.6 is 11.3 Å². The van der Waals surface area contributed by atoms with E-state index in [-0.39, 0.29) is 0 Å². The van der Waals surface area contributed by atoms with Gasteiger partial charge in [-0.2, -0.15) is 0 Å². The summed E-state index contributed by atoms with van der Waals surface area (Å²) in [5.74, 6) is 0. The van der Waals surface area contributed by atoms with Crippen LogP contribution in [0.15, 0.2) is 60.7 Å². The van der Waals surface area contributed by atoms with E-state index in [1.807, 2.05) is 24.3 Å². The minimum Gasteiger partial charge on any atom is -0.423 e. The Morgan fingerprint density at radius 1 is 0.759 bits per heavy atom. The minimum absolute atomic E-state index is 0.572. The molecule has 2 nitrogen and oxygen atoms in total. The highest BCUT2D eigenvalue weighted by Crippen LogP contribution is 2.43. The lowest BCUT2D eigenvalue weighted by Crippen LogP contribution is -2.29. The molecule has 0 aliphatic carbocycles. The molecular weight excluding hydrogens is 375 g/mol. The van der Waals surface area contributed by atoms with Gasteiger partial charge in [0.05, 0.1) is 0 Å². The van der Waals surface area contributed by atoms with E-state index in [0.717, 1.165) is 20.9 Å². The molecule has 4 aromatic carbocycles. The van der Waals surface area contributed by atoms with Crippen molar-refractivity contribution in [3.8, 4) is 11.1 Å². The molecule has 0 aliphatic rings. The summed E-state index contributed by atoms with van der Waals surface area (Å²) < 4.78 is 2.14. The summed E-state index contributed by atoms with van der Waals surface area (Å²) in [7, 11) is -1.50. The number of hydrogen-bond donors (Lipinski definition) is 2. The van der Waals surface area contributed by atoms with E-state index in [4.69, 9.17) is 0 Å². The zero-order valence-electron chi connectivity index (χ0n) is 16.7. The summed E-state index contributed by atoms with van der Waals surface area (Å²) in [6.45, 7) is 6.46. The highest BCUT2D eigenvalue weighted by molar-refractivity contribution is 7.27. The van der Waals surface area contributed by atoms with Gasteiger partial charge in [-0.15, -0.1) is 11.3 Å². The van der Waals surface area contributed by atoms with Crippen LogP contribution in [0, 0.1) is 20.8 Å². The zero-order valence-corrected chi connectivity index (χ0v) is 17.5. The fourth-order valence-corrected chi connectivity index (χ4v) is 6.04. The third kappa shape index (κ3) is 2.79. The molecule has 1 aromatic heterocycles. The topological polar surface area (TPSA) is 40.5 Å². The Balaban J connectivity index is 1.97. The Kier molecular flexibility index (Phi) is 4.25. The van der Waals surface area contributed by atoms with Crippen LogP contribution in [0.2, 0.25) is 0 Å². The largest absolute Gasteiger partial charge is 0.489 e. The van der Waals surface area contributed by atoms with Crippen LogP contribution in [0.4, 0.5) is 0 Å². The van der Waals surface area contributed by atoms with E-state index in [0.29, 0.717) is 5.46 Å².